The highest BCUT2D eigenvalue weighted by Gasteiger charge is 2.51. The summed E-state index contributed by atoms with van der Waals surface area (Å²) in [5.74, 6) is -4.54. The Balaban J connectivity index is 1.70. The molecule has 0 unspecified atom stereocenters. The molecule has 0 aromatic carbocycles. The summed E-state index contributed by atoms with van der Waals surface area (Å²) < 4.78 is 31.4. The van der Waals surface area contributed by atoms with Gasteiger partial charge in [-0.25, -0.2) is 17.9 Å². The van der Waals surface area contributed by atoms with Gasteiger partial charge in [-0.2, -0.15) is 0 Å². The van der Waals surface area contributed by atoms with Crippen LogP contribution in [-0.4, -0.2) is 104 Å². The number of hydrogen-bond acceptors (Lipinski definition) is 11. The van der Waals surface area contributed by atoms with E-state index in [0.717, 1.165) is 32.1 Å². The normalized spacial score (nSPS) is 23.6. The van der Waals surface area contributed by atoms with Crippen LogP contribution in [0.2, 0.25) is 0 Å². The number of carbonyl (C=O) groups is 5. The molecule has 2 aliphatic heterocycles. The topological polar surface area (TPSA) is 233 Å². The van der Waals surface area contributed by atoms with Crippen molar-refractivity contribution in [3.05, 3.63) is 11.9 Å². The maximum absolute atomic E-state index is 14.5. The zero-order valence-electron chi connectivity index (χ0n) is 28.4. The first-order valence-electron chi connectivity index (χ1n) is 16.5. The van der Waals surface area contributed by atoms with Crippen molar-refractivity contribution in [1.29, 1.82) is 0 Å². The summed E-state index contributed by atoms with van der Waals surface area (Å²) in [5, 5.41) is 24.2. The maximum atomic E-state index is 14.5. The lowest BCUT2D eigenvalue weighted by Crippen LogP contribution is -2.64. The van der Waals surface area contributed by atoms with Crippen LogP contribution >= 0.6 is 0 Å². The number of nitrogens with zero attached hydrogens (tertiary/aromatic N) is 4. The molecule has 16 nitrogen and oxygen atoms in total. The van der Waals surface area contributed by atoms with Crippen molar-refractivity contribution in [3.63, 3.8) is 0 Å². The van der Waals surface area contributed by atoms with Gasteiger partial charge in [-0.05, 0) is 59.8 Å². The van der Waals surface area contributed by atoms with Crippen LogP contribution in [-0.2, 0) is 39.4 Å². The minimum Gasteiger partial charge on any atom is -0.444 e. The van der Waals surface area contributed by atoms with E-state index in [2.05, 4.69) is 20.9 Å². The number of carbonyl (C=O) groups excluding carboxylic acids is 5. The molecule has 5 N–H and O–H groups in total. The van der Waals surface area contributed by atoms with Gasteiger partial charge in [0.25, 0.3) is 5.91 Å². The summed E-state index contributed by atoms with van der Waals surface area (Å²) in [6.07, 6.45) is 4.99. The molecule has 0 radical (unpaired) electrons. The summed E-state index contributed by atoms with van der Waals surface area (Å²) in [5.41, 5.74) is 1.60. The third kappa shape index (κ3) is 8.89. The van der Waals surface area contributed by atoms with E-state index in [1.54, 1.807) is 34.6 Å². The average Bonchev–Trinajstić information content (AvgIpc) is 3.65. The number of nitrogens with two attached hydrogens (primary N) is 1. The third-order valence-electron chi connectivity index (χ3n) is 9.40. The molecule has 17 heteroatoms. The van der Waals surface area contributed by atoms with E-state index < -0.39 is 85.8 Å². The molecule has 4 rings (SSSR count). The zero-order valence-corrected chi connectivity index (χ0v) is 29.2. The van der Waals surface area contributed by atoms with Crippen molar-refractivity contribution in [2.75, 3.05) is 18.1 Å². The zero-order chi connectivity index (χ0) is 35.7. The average molecular weight is 696 g/mol. The molecule has 1 aromatic rings. The number of likely N-dealkylation sites (tertiary alicyclic amines) is 1. The molecule has 3 heterocycles. The molecule has 48 heavy (non-hydrogen) atoms. The Morgan fingerprint density at radius 1 is 1.08 bits per heavy atom. The predicted molar refractivity (Wildman–Crippen MR) is 172 cm³/mol. The number of aliphatic hydroxyl groups is 1. The molecule has 4 amide bonds. The second-order valence-electron chi connectivity index (χ2n) is 14.9. The Kier molecular flexibility index (Phi) is 10.9. The Labute approximate surface area is 280 Å². The van der Waals surface area contributed by atoms with Gasteiger partial charge in [-0.3, -0.25) is 19.2 Å². The molecular formula is C31H49N7O9S. The molecule has 0 bridgehead atoms. The number of amides is 4. The van der Waals surface area contributed by atoms with Gasteiger partial charge in [0.1, 0.15) is 28.8 Å². The van der Waals surface area contributed by atoms with Crippen LogP contribution in [0.25, 0.3) is 0 Å². The standard InChI is InChI=1S/C31H49N7O9S/c1-29(2,3)47-28(43)34-21(15-19-9-7-6-8-10-19)27(42)37-18-20(38-23(17-33-36-38)30(4,5)44)16-22(37)26(41)35-31(24(39)25(32)40)11-13-48(45,46)14-12-31/h17,19-22,44H,6-16,18H2,1-5H3,(H2,32,40)(H,34,43)(H,35,41)/t20-,21+,22-/m0/s1. The van der Waals surface area contributed by atoms with Crippen molar-refractivity contribution in [2.24, 2.45) is 11.7 Å². The van der Waals surface area contributed by atoms with Gasteiger partial charge in [-0.1, -0.05) is 37.3 Å². The quantitative estimate of drug-likeness (QED) is 0.248. The largest absolute Gasteiger partial charge is 0.444 e. The maximum Gasteiger partial charge on any atom is 0.408 e. The van der Waals surface area contributed by atoms with Crippen LogP contribution < -0.4 is 16.4 Å². The first kappa shape index (κ1) is 37.2. The lowest BCUT2D eigenvalue weighted by molar-refractivity contribution is -0.145. The fraction of sp³-hybridized carbons (Fsp3) is 0.774. The van der Waals surface area contributed by atoms with Crippen molar-refractivity contribution in [3.8, 4) is 0 Å². The number of sulfone groups is 1. The molecule has 0 spiro atoms. The predicted octanol–water partition coefficient (Wildman–Crippen LogP) is 0.629. The fourth-order valence-corrected chi connectivity index (χ4v) is 8.44. The van der Waals surface area contributed by atoms with Crippen molar-refractivity contribution >= 4 is 39.4 Å². The number of Topliss-reactive ketones (excluding diaryl/α,β-unsaturated/α-hetero) is 1. The lowest BCUT2D eigenvalue weighted by atomic mass is 9.84. The van der Waals surface area contributed by atoms with E-state index >= 15 is 0 Å². The van der Waals surface area contributed by atoms with Crippen LogP contribution in [0.15, 0.2) is 6.20 Å². The Morgan fingerprint density at radius 2 is 1.71 bits per heavy atom. The number of rotatable bonds is 10. The van der Waals surface area contributed by atoms with E-state index in [-0.39, 0.29) is 31.7 Å². The number of alkyl carbamates (subject to hydrolysis) is 1. The van der Waals surface area contributed by atoms with Gasteiger partial charge < -0.3 is 31.1 Å². The highest BCUT2D eigenvalue weighted by Crippen LogP contribution is 2.34. The number of primary amides is 1. The summed E-state index contributed by atoms with van der Waals surface area (Å²) in [6.45, 7) is 8.14. The van der Waals surface area contributed by atoms with Crippen molar-refractivity contribution in [1.82, 2.24) is 30.5 Å². The van der Waals surface area contributed by atoms with Gasteiger partial charge in [0.2, 0.25) is 17.6 Å². The summed E-state index contributed by atoms with van der Waals surface area (Å²) in [6, 6.07) is -2.94. The first-order valence-corrected chi connectivity index (χ1v) is 18.3. The second kappa shape index (κ2) is 14.1. The third-order valence-corrected chi connectivity index (χ3v) is 11.0. The van der Waals surface area contributed by atoms with E-state index in [4.69, 9.17) is 10.5 Å². The van der Waals surface area contributed by atoms with E-state index in [1.807, 2.05) is 0 Å². The minimum atomic E-state index is -3.51. The minimum absolute atomic E-state index is 0.0221. The van der Waals surface area contributed by atoms with Crippen LogP contribution in [0, 0.1) is 5.92 Å². The number of ether oxygens (including phenoxy) is 1. The monoisotopic (exact) mass is 695 g/mol. The van der Waals surface area contributed by atoms with Crippen molar-refractivity contribution in [2.45, 2.75) is 127 Å². The lowest BCUT2D eigenvalue weighted by Gasteiger charge is -2.37. The molecule has 3 aliphatic rings. The van der Waals surface area contributed by atoms with Crippen LogP contribution in [0.1, 0.15) is 104 Å². The van der Waals surface area contributed by atoms with Gasteiger partial charge in [-0.15, -0.1) is 5.10 Å². The summed E-state index contributed by atoms with van der Waals surface area (Å²) in [4.78, 5) is 68.1. The number of hydrogen-bond donors (Lipinski definition) is 4. The molecule has 1 saturated carbocycles. The molecule has 2 saturated heterocycles. The Hall–Kier alpha value is -3.60. The van der Waals surface area contributed by atoms with E-state index in [0.29, 0.717) is 12.1 Å². The SMILES string of the molecule is CC(C)(C)OC(=O)N[C@H](CC1CCCCC1)C(=O)N1C[C@@H](n2nncc2C(C)(C)O)C[C@H]1C(=O)NC1(C(=O)C(N)=O)CCS(=O)(=O)CC1. The van der Waals surface area contributed by atoms with Crippen molar-refractivity contribution < 1.29 is 42.2 Å². The molecule has 3 atom stereocenters. The Morgan fingerprint density at radius 3 is 2.27 bits per heavy atom. The summed E-state index contributed by atoms with van der Waals surface area (Å²) >= 11 is 0. The number of aromatic nitrogens is 3. The molecular weight excluding hydrogens is 646 g/mol. The van der Waals surface area contributed by atoms with Crippen LogP contribution in [0.5, 0.6) is 0 Å². The van der Waals surface area contributed by atoms with E-state index in [9.17, 15) is 37.5 Å². The fourth-order valence-electron chi connectivity index (χ4n) is 6.91. The van der Waals surface area contributed by atoms with Gasteiger partial charge in [0, 0.05) is 13.0 Å². The summed E-state index contributed by atoms with van der Waals surface area (Å²) in [7, 11) is -3.51. The molecule has 3 fully saturated rings. The van der Waals surface area contributed by atoms with Gasteiger partial charge in [0.15, 0.2) is 9.84 Å². The molecule has 1 aromatic heterocycles. The van der Waals surface area contributed by atoms with Gasteiger partial charge >= 0.3 is 6.09 Å². The molecule has 1 aliphatic carbocycles. The smallest absolute Gasteiger partial charge is 0.408 e. The highest BCUT2D eigenvalue weighted by molar-refractivity contribution is 7.91. The van der Waals surface area contributed by atoms with Gasteiger partial charge in [0.05, 0.1) is 29.4 Å². The molecule has 268 valence electrons. The highest BCUT2D eigenvalue weighted by atomic mass is 32.2. The van der Waals surface area contributed by atoms with E-state index in [1.165, 1.54) is 15.8 Å². The van der Waals surface area contributed by atoms with Crippen LogP contribution in [0.4, 0.5) is 4.79 Å². The Bertz CT molecular complexity index is 1490. The first-order chi connectivity index (χ1) is 22.2. The number of nitrogens with one attached hydrogen (secondary N) is 2. The number of ketones is 1. The second-order valence-corrected chi connectivity index (χ2v) is 17.2. The van der Waals surface area contributed by atoms with Crippen LogP contribution in [0.3, 0.4) is 0 Å².